The zero-order valence-corrected chi connectivity index (χ0v) is 8.86. The van der Waals surface area contributed by atoms with Crippen LogP contribution in [0.3, 0.4) is 0 Å². The molecule has 0 bridgehead atoms. The highest BCUT2D eigenvalue weighted by Crippen LogP contribution is 2.09. The Balaban J connectivity index is 3.54. The molecule has 72 valence electrons. The summed E-state index contributed by atoms with van der Waals surface area (Å²) in [5.41, 5.74) is 0. The lowest BCUT2D eigenvalue weighted by Crippen LogP contribution is -2.19. The molecule has 4 heteroatoms. The lowest BCUT2D eigenvalue weighted by atomic mass is 10.2. The summed E-state index contributed by atoms with van der Waals surface area (Å²) in [4.78, 5) is 9.77. The van der Waals surface area contributed by atoms with E-state index in [9.17, 15) is 4.79 Å². The third-order valence-corrected chi connectivity index (χ3v) is 1.82. The number of carbonyl (C=O) groups excluding carboxylic acids is 1. The molecule has 1 atom stereocenters. The van der Waals surface area contributed by atoms with E-state index < -0.39 is 10.8 Å². The number of hydrogen-bond donors (Lipinski definition) is 0. The minimum absolute atomic E-state index is 0.0857. The van der Waals surface area contributed by atoms with Crippen LogP contribution in [0, 0.1) is 0 Å². The van der Waals surface area contributed by atoms with Crippen LogP contribution in [0.2, 0.25) is 0 Å². The van der Waals surface area contributed by atoms with E-state index in [2.05, 4.69) is 6.92 Å². The van der Waals surface area contributed by atoms with Gasteiger partial charge in [0, 0.05) is 0 Å². The molecule has 0 aromatic rings. The fourth-order valence-corrected chi connectivity index (χ4v) is 0.903. The highest BCUT2D eigenvalue weighted by molar-refractivity contribution is 6.52. The normalized spacial score (nSPS) is 13.1. The Bertz CT molecular complexity index is 137. The molecular formula is C8H14Cl2O2. The number of rotatable bonds is 5. The summed E-state index contributed by atoms with van der Waals surface area (Å²) in [6, 6.07) is 0. The average molecular weight is 213 g/mol. The number of unbranched alkanes of at least 4 members (excludes halogenated alkanes) is 1. The van der Waals surface area contributed by atoms with Gasteiger partial charge in [-0.05, 0) is 13.3 Å². The summed E-state index contributed by atoms with van der Waals surface area (Å²) in [6.07, 6.45) is 2.91. The van der Waals surface area contributed by atoms with Gasteiger partial charge in [-0.2, -0.15) is 0 Å². The minimum Gasteiger partial charge on any atom is -0.461 e. The molecule has 0 fully saturated rings. The Labute approximate surface area is 83.2 Å². The molecule has 0 aromatic carbocycles. The quantitative estimate of drug-likeness (QED) is 0.518. The molecule has 0 aliphatic carbocycles. The maximum Gasteiger partial charge on any atom is 0.339 e. The van der Waals surface area contributed by atoms with Gasteiger partial charge in [0.2, 0.25) is 4.84 Å². The summed E-state index contributed by atoms with van der Waals surface area (Å²) in [5.74, 6) is -0.554. The minimum atomic E-state index is -1.06. The van der Waals surface area contributed by atoms with E-state index in [0.717, 1.165) is 19.3 Å². The van der Waals surface area contributed by atoms with Gasteiger partial charge >= 0.3 is 5.97 Å². The molecule has 0 radical (unpaired) electrons. The van der Waals surface area contributed by atoms with Crippen LogP contribution >= 0.6 is 23.2 Å². The smallest absolute Gasteiger partial charge is 0.339 e. The van der Waals surface area contributed by atoms with Crippen LogP contribution in [0.4, 0.5) is 0 Å². The number of esters is 1. The first-order valence-corrected chi connectivity index (χ1v) is 4.93. The van der Waals surface area contributed by atoms with Crippen molar-refractivity contribution in [1.82, 2.24) is 0 Å². The number of halogens is 2. The summed E-state index contributed by atoms with van der Waals surface area (Å²) < 4.78 is 4.91. The van der Waals surface area contributed by atoms with E-state index in [-0.39, 0.29) is 6.10 Å². The van der Waals surface area contributed by atoms with Gasteiger partial charge in [0.1, 0.15) is 0 Å². The maximum atomic E-state index is 10.8. The highest BCUT2D eigenvalue weighted by atomic mass is 35.5. The van der Waals surface area contributed by atoms with Crippen molar-refractivity contribution < 1.29 is 9.53 Å². The number of carbonyl (C=O) groups is 1. The number of ether oxygens (including phenoxy) is 1. The van der Waals surface area contributed by atoms with Crippen molar-refractivity contribution in [3.63, 3.8) is 0 Å². The average Bonchev–Trinajstić information content (AvgIpc) is 2.00. The molecule has 0 heterocycles. The van der Waals surface area contributed by atoms with Crippen molar-refractivity contribution >= 4 is 29.2 Å². The topological polar surface area (TPSA) is 26.3 Å². The van der Waals surface area contributed by atoms with Crippen molar-refractivity contribution in [3.05, 3.63) is 0 Å². The largest absolute Gasteiger partial charge is 0.461 e. The lowest BCUT2D eigenvalue weighted by Gasteiger charge is -2.12. The van der Waals surface area contributed by atoms with Crippen LogP contribution in [-0.2, 0) is 9.53 Å². The highest BCUT2D eigenvalue weighted by Gasteiger charge is 2.15. The molecule has 0 aliphatic rings. The summed E-state index contributed by atoms with van der Waals surface area (Å²) in [5, 5.41) is 0. The van der Waals surface area contributed by atoms with Gasteiger partial charge in [-0.1, -0.05) is 43.0 Å². The molecule has 0 N–H and O–H groups in total. The van der Waals surface area contributed by atoms with Crippen molar-refractivity contribution in [1.29, 1.82) is 0 Å². The first-order valence-electron chi connectivity index (χ1n) is 4.06. The van der Waals surface area contributed by atoms with Gasteiger partial charge < -0.3 is 4.74 Å². The fourth-order valence-electron chi connectivity index (χ4n) is 0.800. The van der Waals surface area contributed by atoms with Gasteiger partial charge in [0.15, 0.2) is 0 Å². The molecule has 0 amide bonds. The molecule has 0 aromatic heterocycles. The van der Waals surface area contributed by atoms with E-state index >= 15 is 0 Å². The second-order valence-electron chi connectivity index (χ2n) is 2.69. The van der Waals surface area contributed by atoms with Crippen LogP contribution in [0.25, 0.3) is 0 Å². The zero-order valence-electron chi connectivity index (χ0n) is 7.35. The van der Waals surface area contributed by atoms with Gasteiger partial charge in [-0.3, -0.25) is 0 Å². The molecule has 0 rings (SSSR count). The van der Waals surface area contributed by atoms with E-state index in [4.69, 9.17) is 27.9 Å². The Morgan fingerprint density at radius 3 is 2.50 bits per heavy atom. The third kappa shape index (κ3) is 5.67. The van der Waals surface area contributed by atoms with Crippen LogP contribution < -0.4 is 0 Å². The number of hydrogen-bond acceptors (Lipinski definition) is 2. The van der Waals surface area contributed by atoms with Crippen molar-refractivity contribution in [2.45, 2.75) is 44.1 Å². The zero-order chi connectivity index (χ0) is 9.56. The first kappa shape index (κ1) is 12.0. The SMILES string of the molecule is CCCCC(C)OC(=O)C(Cl)Cl. The molecule has 12 heavy (non-hydrogen) atoms. The Morgan fingerprint density at radius 2 is 2.08 bits per heavy atom. The van der Waals surface area contributed by atoms with E-state index in [1.807, 2.05) is 6.92 Å². The van der Waals surface area contributed by atoms with E-state index in [1.165, 1.54) is 0 Å². The predicted octanol–water partition coefficient (Wildman–Crippen LogP) is 2.91. The summed E-state index contributed by atoms with van der Waals surface area (Å²) >= 11 is 10.6. The number of alkyl halides is 2. The van der Waals surface area contributed by atoms with E-state index in [1.54, 1.807) is 0 Å². The maximum absolute atomic E-state index is 10.8. The monoisotopic (exact) mass is 212 g/mol. The van der Waals surface area contributed by atoms with Crippen LogP contribution in [-0.4, -0.2) is 16.9 Å². The molecule has 1 unspecified atom stereocenters. The molecular weight excluding hydrogens is 199 g/mol. The van der Waals surface area contributed by atoms with Crippen molar-refractivity contribution in [2.75, 3.05) is 0 Å². The summed E-state index contributed by atoms with van der Waals surface area (Å²) in [6.45, 7) is 3.92. The molecule has 0 saturated heterocycles. The molecule has 0 aliphatic heterocycles. The first-order chi connectivity index (χ1) is 5.57. The molecule has 2 nitrogen and oxygen atoms in total. The van der Waals surface area contributed by atoms with Crippen molar-refractivity contribution in [2.24, 2.45) is 0 Å². The van der Waals surface area contributed by atoms with Gasteiger partial charge in [-0.25, -0.2) is 4.79 Å². The fraction of sp³-hybridized carbons (Fsp3) is 0.875. The van der Waals surface area contributed by atoms with Crippen LogP contribution in [0.15, 0.2) is 0 Å². The standard InChI is InChI=1S/C8H14Cl2O2/c1-3-4-5-6(2)12-8(11)7(9)10/h6-7H,3-5H2,1-2H3. The van der Waals surface area contributed by atoms with Gasteiger partial charge in [0.05, 0.1) is 6.10 Å². The molecule has 0 saturated carbocycles. The van der Waals surface area contributed by atoms with Gasteiger partial charge in [-0.15, -0.1) is 0 Å². The predicted molar refractivity (Wildman–Crippen MR) is 50.6 cm³/mol. The Morgan fingerprint density at radius 1 is 1.50 bits per heavy atom. The third-order valence-electron chi connectivity index (χ3n) is 1.46. The van der Waals surface area contributed by atoms with Crippen LogP contribution in [0.5, 0.6) is 0 Å². The Hall–Kier alpha value is 0.0500. The molecule has 0 spiro atoms. The van der Waals surface area contributed by atoms with Crippen LogP contribution in [0.1, 0.15) is 33.1 Å². The van der Waals surface area contributed by atoms with E-state index in [0.29, 0.717) is 0 Å². The second kappa shape index (κ2) is 6.55. The Kier molecular flexibility index (Phi) is 6.58. The summed E-state index contributed by atoms with van der Waals surface area (Å²) in [7, 11) is 0. The van der Waals surface area contributed by atoms with Crippen molar-refractivity contribution in [3.8, 4) is 0 Å². The second-order valence-corrected chi connectivity index (χ2v) is 3.79. The van der Waals surface area contributed by atoms with Gasteiger partial charge in [0.25, 0.3) is 0 Å². The lowest BCUT2D eigenvalue weighted by molar-refractivity contribution is -0.146.